The molecule has 0 heterocycles. The molecular weight excluding hydrogens is 182 g/mol. The van der Waals surface area contributed by atoms with Gasteiger partial charge in [-0.15, -0.1) is 0 Å². The maximum Gasteiger partial charge on any atom is 0.0182 e. The predicted octanol–water partition coefficient (Wildman–Crippen LogP) is 3.86. The first-order valence-corrected chi connectivity index (χ1v) is 7.00. The Balaban J connectivity index is 1.96. The number of rotatable bonds is 2. The third kappa shape index (κ3) is 2.55. The molecule has 0 atom stereocenters. The lowest BCUT2D eigenvalue weighted by atomic mass is 9.66. The summed E-state index contributed by atoms with van der Waals surface area (Å²) in [5.41, 5.74) is 6.81. The highest BCUT2D eigenvalue weighted by Gasteiger charge is 2.38. The number of nitrogens with two attached hydrogens (primary N) is 1. The van der Waals surface area contributed by atoms with Gasteiger partial charge in [-0.25, -0.2) is 0 Å². The van der Waals surface area contributed by atoms with Gasteiger partial charge in [0.15, 0.2) is 0 Å². The van der Waals surface area contributed by atoms with Crippen molar-refractivity contribution in [3.63, 3.8) is 0 Å². The predicted molar refractivity (Wildman–Crippen MR) is 65.7 cm³/mol. The molecule has 15 heavy (non-hydrogen) atoms. The lowest BCUT2D eigenvalue weighted by molar-refractivity contribution is 0.122. The van der Waals surface area contributed by atoms with Crippen LogP contribution in [0.3, 0.4) is 0 Å². The Morgan fingerprint density at radius 1 is 0.733 bits per heavy atom. The minimum absolute atomic E-state index is 0.140. The summed E-state index contributed by atoms with van der Waals surface area (Å²) < 4.78 is 0. The maximum absolute atomic E-state index is 6.67. The van der Waals surface area contributed by atoms with Crippen LogP contribution in [0.15, 0.2) is 0 Å². The second kappa shape index (κ2) is 4.86. The molecule has 1 nitrogen and oxygen atoms in total. The van der Waals surface area contributed by atoms with Gasteiger partial charge in [-0.3, -0.25) is 0 Å². The average Bonchev–Trinajstić information content (AvgIpc) is 2.31. The van der Waals surface area contributed by atoms with E-state index in [2.05, 4.69) is 6.92 Å². The molecule has 88 valence electrons. The molecule has 0 aliphatic heterocycles. The molecule has 0 unspecified atom stereocenters. The first kappa shape index (κ1) is 11.4. The zero-order chi connectivity index (χ0) is 10.7. The maximum atomic E-state index is 6.67. The summed E-state index contributed by atoms with van der Waals surface area (Å²) in [5, 5.41) is 0. The van der Waals surface area contributed by atoms with Crippen molar-refractivity contribution in [3.8, 4) is 0 Å². The molecule has 0 aromatic rings. The summed E-state index contributed by atoms with van der Waals surface area (Å²) in [5.74, 6) is 1.63. The molecule has 0 radical (unpaired) electrons. The Hall–Kier alpha value is -0.0400. The second-order valence-electron chi connectivity index (χ2n) is 6.04. The molecule has 2 rings (SSSR count). The van der Waals surface area contributed by atoms with Crippen LogP contribution in [-0.4, -0.2) is 5.54 Å². The van der Waals surface area contributed by atoms with E-state index >= 15 is 0 Å². The summed E-state index contributed by atoms with van der Waals surface area (Å²) >= 11 is 0. The molecule has 0 aromatic carbocycles. The van der Waals surface area contributed by atoms with Crippen molar-refractivity contribution in [1.82, 2.24) is 0 Å². The molecule has 0 amide bonds. The Bertz CT molecular complexity index is 166. The molecule has 2 saturated carbocycles. The van der Waals surface area contributed by atoms with Crippen LogP contribution in [0.2, 0.25) is 0 Å². The SMILES string of the molecule is CC(N)(C1CCCCC1)C1CCCCC1. The van der Waals surface area contributed by atoms with E-state index in [-0.39, 0.29) is 5.54 Å². The Morgan fingerprint density at radius 2 is 1.07 bits per heavy atom. The molecule has 2 fully saturated rings. The Labute approximate surface area is 94.8 Å². The fraction of sp³-hybridized carbons (Fsp3) is 1.00. The summed E-state index contributed by atoms with van der Waals surface area (Å²) in [7, 11) is 0. The molecule has 0 aromatic heterocycles. The number of hydrogen-bond acceptors (Lipinski definition) is 1. The van der Waals surface area contributed by atoms with Crippen LogP contribution in [0.4, 0.5) is 0 Å². The molecule has 1 heteroatoms. The first-order valence-electron chi connectivity index (χ1n) is 7.00. The highest BCUT2D eigenvalue weighted by molar-refractivity contribution is 4.95. The zero-order valence-electron chi connectivity index (χ0n) is 10.3. The van der Waals surface area contributed by atoms with E-state index in [4.69, 9.17) is 5.73 Å². The van der Waals surface area contributed by atoms with E-state index < -0.39 is 0 Å². The van der Waals surface area contributed by atoms with Crippen molar-refractivity contribution in [2.24, 2.45) is 17.6 Å². The van der Waals surface area contributed by atoms with Crippen LogP contribution in [0.5, 0.6) is 0 Å². The van der Waals surface area contributed by atoms with Crippen molar-refractivity contribution in [1.29, 1.82) is 0 Å². The summed E-state index contributed by atoms with van der Waals surface area (Å²) in [6, 6.07) is 0. The van der Waals surface area contributed by atoms with Gasteiger partial charge in [-0.1, -0.05) is 38.5 Å². The van der Waals surface area contributed by atoms with E-state index in [1.54, 1.807) is 0 Å². The minimum atomic E-state index is 0.140. The van der Waals surface area contributed by atoms with Crippen molar-refractivity contribution >= 4 is 0 Å². The zero-order valence-corrected chi connectivity index (χ0v) is 10.3. The van der Waals surface area contributed by atoms with E-state index in [9.17, 15) is 0 Å². The molecule has 0 saturated heterocycles. The summed E-state index contributed by atoms with van der Waals surface area (Å²) in [6.07, 6.45) is 14.1. The lowest BCUT2D eigenvalue weighted by Crippen LogP contribution is -2.51. The van der Waals surface area contributed by atoms with Gasteiger partial charge in [0.1, 0.15) is 0 Å². The van der Waals surface area contributed by atoms with E-state index in [1.165, 1.54) is 64.2 Å². The van der Waals surface area contributed by atoms with Crippen LogP contribution in [0.1, 0.15) is 71.1 Å². The second-order valence-corrected chi connectivity index (χ2v) is 6.04. The van der Waals surface area contributed by atoms with E-state index in [1.807, 2.05) is 0 Å². The Morgan fingerprint density at radius 3 is 1.40 bits per heavy atom. The van der Waals surface area contributed by atoms with Gasteiger partial charge in [-0.2, -0.15) is 0 Å². The minimum Gasteiger partial charge on any atom is -0.325 e. The molecule has 2 aliphatic rings. The fourth-order valence-corrected chi connectivity index (χ4v) is 3.78. The van der Waals surface area contributed by atoms with Crippen molar-refractivity contribution in [2.45, 2.75) is 76.7 Å². The van der Waals surface area contributed by atoms with Crippen LogP contribution < -0.4 is 5.73 Å². The smallest absolute Gasteiger partial charge is 0.0182 e. The third-order valence-electron chi connectivity index (χ3n) is 4.97. The molecule has 2 N–H and O–H groups in total. The monoisotopic (exact) mass is 209 g/mol. The van der Waals surface area contributed by atoms with Crippen LogP contribution >= 0.6 is 0 Å². The summed E-state index contributed by atoms with van der Waals surface area (Å²) in [6.45, 7) is 2.35. The van der Waals surface area contributed by atoms with Gasteiger partial charge in [0.2, 0.25) is 0 Å². The van der Waals surface area contributed by atoms with E-state index in [0.717, 1.165) is 11.8 Å². The highest BCUT2D eigenvalue weighted by Crippen LogP contribution is 2.40. The topological polar surface area (TPSA) is 26.0 Å². The normalized spacial score (nSPS) is 26.8. The largest absolute Gasteiger partial charge is 0.325 e. The van der Waals surface area contributed by atoms with Gasteiger partial charge in [-0.05, 0) is 44.4 Å². The van der Waals surface area contributed by atoms with Gasteiger partial charge in [0, 0.05) is 5.54 Å². The standard InChI is InChI=1S/C14H27N/c1-14(15,12-8-4-2-5-9-12)13-10-6-3-7-11-13/h12-13H,2-11,15H2,1H3. The third-order valence-corrected chi connectivity index (χ3v) is 4.97. The quantitative estimate of drug-likeness (QED) is 0.734. The molecule has 0 spiro atoms. The van der Waals surface area contributed by atoms with Gasteiger partial charge >= 0.3 is 0 Å². The van der Waals surface area contributed by atoms with Crippen LogP contribution in [0, 0.1) is 11.8 Å². The van der Waals surface area contributed by atoms with Crippen molar-refractivity contribution in [3.05, 3.63) is 0 Å². The van der Waals surface area contributed by atoms with Crippen molar-refractivity contribution < 1.29 is 0 Å². The van der Waals surface area contributed by atoms with E-state index in [0.29, 0.717) is 0 Å². The average molecular weight is 209 g/mol. The molecule has 2 aliphatic carbocycles. The molecular formula is C14H27N. The highest BCUT2D eigenvalue weighted by atomic mass is 14.8. The first-order chi connectivity index (χ1) is 7.21. The van der Waals surface area contributed by atoms with Gasteiger partial charge in [0.25, 0.3) is 0 Å². The fourth-order valence-electron chi connectivity index (χ4n) is 3.78. The number of hydrogen-bond donors (Lipinski definition) is 1. The molecule has 0 bridgehead atoms. The summed E-state index contributed by atoms with van der Waals surface area (Å²) in [4.78, 5) is 0. The van der Waals surface area contributed by atoms with Gasteiger partial charge < -0.3 is 5.73 Å². The van der Waals surface area contributed by atoms with Crippen LogP contribution in [0.25, 0.3) is 0 Å². The van der Waals surface area contributed by atoms with Gasteiger partial charge in [0.05, 0.1) is 0 Å². The lowest BCUT2D eigenvalue weighted by Gasteiger charge is -2.44. The van der Waals surface area contributed by atoms with Crippen molar-refractivity contribution in [2.75, 3.05) is 0 Å². The van der Waals surface area contributed by atoms with Crippen LogP contribution in [-0.2, 0) is 0 Å². The Kier molecular flexibility index (Phi) is 3.71.